The average molecular weight is 275 g/mol. The molecule has 0 aliphatic heterocycles. The van der Waals surface area contributed by atoms with Gasteiger partial charge in [0.05, 0.1) is 15.1 Å². The van der Waals surface area contributed by atoms with Crippen molar-refractivity contribution in [2.24, 2.45) is 0 Å². The van der Waals surface area contributed by atoms with Crippen molar-refractivity contribution in [3.63, 3.8) is 0 Å². The number of rotatable bonds is 1. The summed E-state index contributed by atoms with van der Waals surface area (Å²) >= 11 is 17.9. The van der Waals surface area contributed by atoms with Crippen LogP contribution in [0, 0.1) is 0 Å². The third kappa shape index (κ3) is 1.96. The molecule has 2 aromatic rings. The van der Waals surface area contributed by atoms with Gasteiger partial charge in [0, 0.05) is 17.3 Å². The Bertz CT molecular complexity index is 592. The molecular weight excluding hydrogens is 268 g/mol. The number of benzene rings is 1. The lowest BCUT2D eigenvalue weighted by atomic mass is 10.1. The summed E-state index contributed by atoms with van der Waals surface area (Å²) in [6, 6.07) is 6.54. The quantitative estimate of drug-likeness (QED) is 0.783. The second-order valence-corrected chi connectivity index (χ2v) is 4.32. The number of nitrogens with one attached hydrogen (secondary N) is 1. The molecule has 1 aromatic heterocycles. The molecule has 0 atom stereocenters. The van der Waals surface area contributed by atoms with E-state index in [0.717, 1.165) is 0 Å². The molecule has 0 aliphatic rings. The van der Waals surface area contributed by atoms with Crippen LogP contribution in [-0.2, 0) is 0 Å². The molecule has 0 bridgehead atoms. The van der Waals surface area contributed by atoms with Gasteiger partial charge >= 0.3 is 0 Å². The first-order valence-electron chi connectivity index (χ1n) is 4.43. The smallest absolute Gasteiger partial charge is 0.255 e. The maximum absolute atomic E-state index is 11.6. The van der Waals surface area contributed by atoms with Crippen LogP contribution in [0.1, 0.15) is 0 Å². The minimum Gasteiger partial charge on any atom is -0.329 e. The SMILES string of the molecule is O=c1[nH]cccc1-c1c(Cl)ccc(Cl)c1Cl. The zero-order chi connectivity index (χ0) is 11.7. The Morgan fingerprint density at radius 3 is 2.38 bits per heavy atom. The average Bonchev–Trinajstić information content (AvgIpc) is 2.27. The van der Waals surface area contributed by atoms with Crippen LogP contribution in [0.2, 0.25) is 15.1 Å². The molecule has 0 saturated heterocycles. The van der Waals surface area contributed by atoms with Crippen molar-refractivity contribution in [3.8, 4) is 11.1 Å². The second-order valence-electron chi connectivity index (χ2n) is 3.13. The van der Waals surface area contributed by atoms with E-state index >= 15 is 0 Å². The van der Waals surface area contributed by atoms with Gasteiger partial charge < -0.3 is 4.98 Å². The van der Waals surface area contributed by atoms with Crippen molar-refractivity contribution in [2.45, 2.75) is 0 Å². The van der Waals surface area contributed by atoms with Gasteiger partial charge in [-0.2, -0.15) is 0 Å². The van der Waals surface area contributed by atoms with E-state index in [1.54, 1.807) is 24.3 Å². The third-order valence-corrected chi connectivity index (χ3v) is 3.25. The van der Waals surface area contributed by atoms with Crippen molar-refractivity contribution in [1.29, 1.82) is 0 Å². The Morgan fingerprint density at radius 2 is 1.69 bits per heavy atom. The highest BCUT2D eigenvalue weighted by molar-refractivity contribution is 6.46. The van der Waals surface area contributed by atoms with Crippen LogP contribution in [0.4, 0.5) is 0 Å². The number of halogens is 3. The minimum absolute atomic E-state index is 0.256. The van der Waals surface area contributed by atoms with E-state index in [9.17, 15) is 4.79 Å². The highest BCUT2D eigenvalue weighted by Gasteiger charge is 2.13. The van der Waals surface area contributed by atoms with Crippen molar-refractivity contribution < 1.29 is 0 Å². The van der Waals surface area contributed by atoms with Crippen LogP contribution < -0.4 is 5.56 Å². The minimum atomic E-state index is -0.256. The summed E-state index contributed by atoms with van der Waals surface area (Å²) in [5, 5.41) is 1.04. The fourth-order valence-corrected chi connectivity index (χ4v) is 2.12. The van der Waals surface area contributed by atoms with Crippen molar-refractivity contribution >= 4 is 34.8 Å². The van der Waals surface area contributed by atoms with Crippen molar-refractivity contribution in [2.75, 3.05) is 0 Å². The zero-order valence-electron chi connectivity index (χ0n) is 7.93. The molecule has 0 unspecified atom stereocenters. The first kappa shape index (κ1) is 11.5. The van der Waals surface area contributed by atoms with Gasteiger partial charge in [-0.05, 0) is 24.3 Å². The molecule has 0 amide bonds. The molecule has 2 rings (SSSR count). The first-order chi connectivity index (χ1) is 7.61. The van der Waals surface area contributed by atoms with Crippen molar-refractivity contribution in [1.82, 2.24) is 4.98 Å². The maximum Gasteiger partial charge on any atom is 0.255 e. The lowest BCUT2D eigenvalue weighted by Gasteiger charge is -2.07. The zero-order valence-corrected chi connectivity index (χ0v) is 10.2. The molecule has 16 heavy (non-hydrogen) atoms. The molecule has 0 radical (unpaired) electrons. The molecule has 82 valence electrons. The van der Waals surface area contributed by atoms with Crippen LogP contribution >= 0.6 is 34.8 Å². The maximum atomic E-state index is 11.6. The number of aromatic amines is 1. The monoisotopic (exact) mass is 273 g/mol. The van der Waals surface area contributed by atoms with E-state index in [1.807, 2.05) is 0 Å². The number of hydrogen-bond acceptors (Lipinski definition) is 1. The highest BCUT2D eigenvalue weighted by atomic mass is 35.5. The normalized spacial score (nSPS) is 10.4. The van der Waals surface area contributed by atoms with E-state index in [1.165, 1.54) is 6.20 Å². The van der Waals surface area contributed by atoms with E-state index in [-0.39, 0.29) is 10.6 Å². The molecule has 1 heterocycles. The van der Waals surface area contributed by atoms with Crippen LogP contribution in [0.3, 0.4) is 0 Å². The third-order valence-electron chi connectivity index (χ3n) is 2.13. The first-order valence-corrected chi connectivity index (χ1v) is 5.56. The summed E-state index contributed by atoms with van der Waals surface area (Å²) in [4.78, 5) is 14.2. The standard InChI is InChI=1S/C11H6Cl3NO/c12-7-3-4-8(13)10(14)9(7)6-2-1-5-15-11(6)16/h1-5H,(H,15,16). The van der Waals surface area contributed by atoms with Crippen LogP contribution in [0.25, 0.3) is 11.1 Å². The highest BCUT2D eigenvalue weighted by Crippen LogP contribution is 2.37. The van der Waals surface area contributed by atoms with Gasteiger partial charge in [-0.25, -0.2) is 0 Å². The fourth-order valence-electron chi connectivity index (χ4n) is 1.39. The molecule has 2 nitrogen and oxygen atoms in total. The van der Waals surface area contributed by atoms with Gasteiger partial charge in [0.1, 0.15) is 0 Å². The molecular formula is C11H6Cl3NO. The Labute approximate surface area is 107 Å². The summed E-state index contributed by atoms with van der Waals surface area (Å²) in [7, 11) is 0. The predicted molar refractivity (Wildman–Crippen MR) is 67.5 cm³/mol. The lowest BCUT2D eigenvalue weighted by Crippen LogP contribution is -2.07. The molecule has 0 aliphatic carbocycles. The molecule has 0 saturated carbocycles. The Balaban J connectivity index is 2.79. The van der Waals surface area contributed by atoms with E-state index < -0.39 is 0 Å². The van der Waals surface area contributed by atoms with E-state index in [2.05, 4.69) is 4.98 Å². The van der Waals surface area contributed by atoms with Crippen LogP contribution in [0.15, 0.2) is 35.3 Å². The number of H-pyrrole nitrogens is 1. The number of hydrogen-bond donors (Lipinski definition) is 1. The topological polar surface area (TPSA) is 32.9 Å². The van der Waals surface area contributed by atoms with Gasteiger partial charge in [-0.15, -0.1) is 0 Å². The van der Waals surface area contributed by atoms with Gasteiger partial charge in [-0.3, -0.25) is 4.79 Å². The van der Waals surface area contributed by atoms with Gasteiger partial charge in [-0.1, -0.05) is 34.8 Å². The molecule has 0 spiro atoms. The largest absolute Gasteiger partial charge is 0.329 e. The predicted octanol–water partition coefficient (Wildman–Crippen LogP) is 4.00. The van der Waals surface area contributed by atoms with Gasteiger partial charge in [0.2, 0.25) is 0 Å². The molecule has 0 fully saturated rings. The second kappa shape index (κ2) is 4.50. The fraction of sp³-hybridized carbons (Fsp3) is 0. The Morgan fingerprint density at radius 1 is 1.00 bits per heavy atom. The van der Waals surface area contributed by atoms with E-state index in [4.69, 9.17) is 34.8 Å². The lowest BCUT2D eigenvalue weighted by molar-refractivity contribution is 1.24. The molecule has 1 aromatic carbocycles. The summed E-state index contributed by atoms with van der Waals surface area (Å²) in [6.07, 6.45) is 1.54. The summed E-state index contributed by atoms with van der Waals surface area (Å²) in [6.45, 7) is 0. The van der Waals surface area contributed by atoms with Crippen LogP contribution in [0.5, 0.6) is 0 Å². The number of pyridine rings is 1. The van der Waals surface area contributed by atoms with E-state index in [0.29, 0.717) is 21.2 Å². The number of aromatic nitrogens is 1. The van der Waals surface area contributed by atoms with Crippen molar-refractivity contribution in [3.05, 3.63) is 55.9 Å². The molecule has 1 N–H and O–H groups in total. The van der Waals surface area contributed by atoms with Crippen LogP contribution in [-0.4, -0.2) is 4.98 Å². The van der Waals surface area contributed by atoms with Gasteiger partial charge in [0.15, 0.2) is 0 Å². The summed E-state index contributed by atoms with van der Waals surface area (Å²) < 4.78 is 0. The summed E-state index contributed by atoms with van der Waals surface area (Å²) in [5.41, 5.74) is 0.603. The molecule has 5 heteroatoms. The summed E-state index contributed by atoms with van der Waals surface area (Å²) in [5.74, 6) is 0. The van der Waals surface area contributed by atoms with Gasteiger partial charge in [0.25, 0.3) is 5.56 Å². The Kier molecular flexibility index (Phi) is 3.24. The Hall–Kier alpha value is -0.960.